The van der Waals surface area contributed by atoms with Crippen LogP contribution in [-0.4, -0.2) is 18.9 Å². The minimum absolute atomic E-state index is 0. The molecule has 0 aromatic heterocycles. The van der Waals surface area contributed by atoms with E-state index < -0.39 is 0 Å². The fourth-order valence-electron chi connectivity index (χ4n) is 4.31. The second kappa shape index (κ2) is 6.89. The maximum atomic E-state index is 2.56. The fourth-order valence-corrected chi connectivity index (χ4v) is 4.31. The molecule has 2 aliphatic carbocycles. The van der Waals surface area contributed by atoms with Gasteiger partial charge in [0, 0.05) is 30.7 Å². The van der Waals surface area contributed by atoms with E-state index in [1.807, 2.05) is 0 Å². The van der Waals surface area contributed by atoms with Crippen LogP contribution in [-0.2, 0) is 0 Å². The Hall–Kier alpha value is -0.963. The predicted octanol–water partition coefficient (Wildman–Crippen LogP) is 7.02. The van der Waals surface area contributed by atoms with Crippen LogP contribution in [0.4, 0.5) is 0 Å². The molecule has 0 spiro atoms. The average molecular weight is 341 g/mol. The first-order valence-electron chi connectivity index (χ1n) is 9.64. The largest absolute Gasteiger partial charge is 0.0768 e. The Morgan fingerprint density at radius 1 is 0.769 bits per heavy atom. The summed E-state index contributed by atoms with van der Waals surface area (Å²) < 4.78 is 0. The summed E-state index contributed by atoms with van der Waals surface area (Å²) in [6.45, 7) is 18.8. The van der Waals surface area contributed by atoms with Crippen molar-refractivity contribution in [2.45, 2.75) is 61.3 Å². The van der Waals surface area contributed by atoms with E-state index in [9.17, 15) is 0 Å². The standard InChI is InChI=1S/C25H34.Li/c1-23(2,3)17-13-14-18(15-17)25(7,8)22-16-21(24(4,5)6)19-11-9-10-12-20(19)22;/h9-16,18,22H,1-8H3;. The Morgan fingerprint density at radius 3 is 1.92 bits per heavy atom. The maximum Gasteiger partial charge on any atom is 0.00900 e. The molecule has 0 bridgehead atoms. The smallest absolute Gasteiger partial charge is 0.00900 e. The number of allylic oxidation sites excluding steroid dienone is 6. The second-order valence-corrected chi connectivity index (χ2v) is 10.5. The van der Waals surface area contributed by atoms with Crippen LogP contribution in [0.25, 0.3) is 5.57 Å². The molecule has 2 aliphatic rings. The van der Waals surface area contributed by atoms with Crippen LogP contribution >= 0.6 is 0 Å². The Morgan fingerprint density at radius 2 is 1.38 bits per heavy atom. The first-order chi connectivity index (χ1) is 11.4. The molecule has 1 radical (unpaired) electrons. The van der Waals surface area contributed by atoms with Gasteiger partial charge in [0.15, 0.2) is 0 Å². The van der Waals surface area contributed by atoms with E-state index in [1.165, 1.54) is 22.3 Å². The van der Waals surface area contributed by atoms with Crippen LogP contribution in [0.2, 0.25) is 0 Å². The van der Waals surface area contributed by atoms with Gasteiger partial charge in [-0.05, 0) is 38.5 Å². The van der Waals surface area contributed by atoms with E-state index in [2.05, 4.69) is 104 Å². The first kappa shape index (κ1) is 21.3. The van der Waals surface area contributed by atoms with Gasteiger partial charge in [-0.25, -0.2) is 0 Å². The third-order valence-corrected chi connectivity index (χ3v) is 6.10. The zero-order valence-corrected chi connectivity index (χ0v) is 18.3. The molecule has 1 heteroatoms. The molecule has 0 heterocycles. The van der Waals surface area contributed by atoms with Gasteiger partial charge in [0.05, 0.1) is 0 Å². The summed E-state index contributed by atoms with van der Waals surface area (Å²) in [7, 11) is 0. The van der Waals surface area contributed by atoms with Crippen molar-refractivity contribution in [3.8, 4) is 0 Å². The van der Waals surface area contributed by atoms with Crippen LogP contribution in [0.15, 0.2) is 54.1 Å². The van der Waals surface area contributed by atoms with Gasteiger partial charge in [-0.3, -0.25) is 0 Å². The quantitative estimate of drug-likeness (QED) is 0.507. The fraction of sp³-hybridized carbons (Fsp3) is 0.520. The Balaban J connectivity index is 0.00000243. The molecule has 0 aliphatic heterocycles. The van der Waals surface area contributed by atoms with Gasteiger partial charge in [0.2, 0.25) is 0 Å². The summed E-state index contributed by atoms with van der Waals surface area (Å²) in [6.07, 6.45) is 9.83. The van der Waals surface area contributed by atoms with Crippen LogP contribution < -0.4 is 0 Å². The molecule has 2 unspecified atom stereocenters. The molecular weight excluding hydrogens is 307 g/mol. The Bertz CT molecular complexity index is 760. The Kier molecular flexibility index (Phi) is 5.65. The van der Waals surface area contributed by atoms with Crippen molar-refractivity contribution in [1.29, 1.82) is 0 Å². The minimum Gasteiger partial charge on any atom is -0.0768 e. The molecule has 2 atom stereocenters. The molecule has 1 aromatic carbocycles. The molecule has 26 heavy (non-hydrogen) atoms. The monoisotopic (exact) mass is 341 g/mol. The molecule has 3 rings (SSSR count). The van der Waals surface area contributed by atoms with Crippen LogP contribution in [0.1, 0.15) is 72.4 Å². The van der Waals surface area contributed by atoms with Gasteiger partial charge in [0.25, 0.3) is 0 Å². The predicted molar refractivity (Wildman–Crippen MR) is 116 cm³/mol. The average Bonchev–Trinajstić information content (AvgIpc) is 3.12. The summed E-state index contributed by atoms with van der Waals surface area (Å²) in [4.78, 5) is 0. The van der Waals surface area contributed by atoms with Crippen molar-refractivity contribution >= 4 is 24.4 Å². The van der Waals surface area contributed by atoms with E-state index in [4.69, 9.17) is 0 Å². The van der Waals surface area contributed by atoms with Gasteiger partial charge < -0.3 is 0 Å². The SMILES string of the molecule is CC(C)(C)C1=CC(C(C)(C)C2C=C(C(C)(C)C)c3ccccc32)C=C1.[Li]. The number of fused-ring (bicyclic) bond motifs is 1. The van der Waals surface area contributed by atoms with Crippen molar-refractivity contribution in [1.82, 2.24) is 0 Å². The van der Waals surface area contributed by atoms with Crippen molar-refractivity contribution in [2.75, 3.05) is 0 Å². The van der Waals surface area contributed by atoms with E-state index in [1.54, 1.807) is 0 Å². The molecule has 0 saturated carbocycles. The third kappa shape index (κ3) is 3.69. The van der Waals surface area contributed by atoms with Gasteiger partial charge in [-0.2, -0.15) is 0 Å². The van der Waals surface area contributed by atoms with Crippen molar-refractivity contribution < 1.29 is 0 Å². The third-order valence-electron chi connectivity index (χ3n) is 6.10. The summed E-state index contributed by atoms with van der Waals surface area (Å²) in [5, 5.41) is 0. The summed E-state index contributed by atoms with van der Waals surface area (Å²) in [6, 6.07) is 9.02. The van der Waals surface area contributed by atoms with Crippen molar-refractivity contribution in [3.05, 3.63) is 65.3 Å². The first-order valence-corrected chi connectivity index (χ1v) is 9.64. The molecular formula is C25H34Li. The second-order valence-electron chi connectivity index (χ2n) is 10.5. The van der Waals surface area contributed by atoms with Crippen LogP contribution in [0.3, 0.4) is 0 Å². The van der Waals surface area contributed by atoms with E-state index in [0.29, 0.717) is 11.8 Å². The van der Waals surface area contributed by atoms with Gasteiger partial charge in [0.1, 0.15) is 0 Å². The van der Waals surface area contributed by atoms with E-state index >= 15 is 0 Å². The topological polar surface area (TPSA) is 0 Å². The van der Waals surface area contributed by atoms with E-state index in [0.717, 1.165) is 0 Å². The van der Waals surface area contributed by atoms with Crippen LogP contribution in [0.5, 0.6) is 0 Å². The maximum absolute atomic E-state index is 2.56. The number of hydrogen-bond acceptors (Lipinski definition) is 0. The van der Waals surface area contributed by atoms with Crippen LogP contribution in [0, 0.1) is 22.2 Å². The summed E-state index contributed by atoms with van der Waals surface area (Å²) in [5.74, 6) is 0.943. The van der Waals surface area contributed by atoms with Crippen molar-refractivity contribution in [2.24, 2.45) is 22.2 Å². The molecule has 0 saturated heterocycles. The molecule has 0 fully saturated rings. The van der Waals surface area contributed by atoms with Gasteiger partial charge in [-0.15, -0.1) is 0 Å². The minimum atomic E-state index is 0. The zero-order chi connectivity index (χ0) is 18.6. The normalized spacial score (nSPS) is 22.6. The molecule has 1 aromatic rings. The number of benzene rings is 1. The summed E-state index contributed by atoms with van der Waals surface area (Å²) in [5.41, 5.74) is 6.49. The van der Waals surface area contributed by atoms with Crippen molar-refractivity contribution in [3.63, 3.8) is 0 Å². The molecule has 0 nitrogen and oxygen atoms in total. The molecule has 135 valence electrons. The number of rotatable bonds is 2. The summed E-state index contributed by atoms with van der Waals surface area (Å²) >= 11 is 0. The van der Waals surface area contributed by atoms with Gasteiger partial charge in [-0.1, -0.05) is 104 Å². The zero-order valence-electron chi connectivity index (χ0n) is 18.3. The molecule has 0 N–H and O–H groups in total. The molecule has 0 amide bonds. The van der Waals surface area contributed by atoms with Gasteiger partial charge >= 0.3 is 0 Å². The Labute approximate surface area is 173 Å². The van der Waals surface area contributed by atoms with E-state index in [-0.39, 0.29) is 35.1 Å². The number of hydrogen-bond donors (Lipinski definition) is 0.